The normalized spacial score (nSPS) is 14.8. The monoisotopic (exact) mass is 235 g/mol. The van der Waals surface area contributed by atoms with Crippen molar-refractivity contribution >= 4 is 24.2 Å². The van der Waals surface area contributed by atoms with Gasteiger partial charge in [-0.25, -0.2) is 4.98 Å². The Morgan fingerprint density at radius 2 is 2.38 bits per heavy atom. The maximum atomic E-state index is 4.45. The van der Waals surface area contributed by atoms with E-state index in [1.807, 2.05) is 11.4 Å². The first-order valence-corrected chi connectivity index (χ1v) is 5.99. The Kier molecular flexibility index (Phi) is 2.24. The third kappa shape index (κ3) is 1.29. The van der Waals surface area contributed by atoms with Crippen LogP contribution in [0.25, 0.3) is 5.78 Å². The Bertz CT molecular complexity index is 535. The topological polar surface area (TPSA) is 46.3 Å². The molecule has 0 saturated heterocycles. The molecule has 16 heavy (non-hydrogen) atoms. The summed E-state index contributed by atoms with van der Waals surface area (Å²) >= 11 is 4.29. The highest BCUT2D eigenvalue weighted by Crippen LogP contribution is 2.29. The van der Waals surface area contributed by atoms with Gasteiger partial charge in [0.25, 0.3) is 5.78 Å². The van der Waals surface area contributed by atoms with Crippen molar-refractivity contribution in [3.63, 3.8) is 0 Å². The van der Waals surface area contributed by atoms with Gasteiger partial charge in [-0.3, -0.25) is 0 Å². The predicted octanol–water partition coefficient (Wildman–Crippen LogP) is 0.725. The molecule has 2 aromatic heterocycles. The summed E-state index contributed by atoms with van der Waals surface area (Å²) in [6.07, 6.45) is 2.59. The van der Waals surface area contributed by atoms with Gasteiger partial charge in [-0.05, 0) is 13.3 Å². The standard InChI is InChI=1S/C10H13N5S/c1-7-8-2-3-14(4-5-16)9(8)15-10(13-7)11-6-12-15/h6,16H,2-5H2,1H3. The molecule has 1 aliphatic rings. The van der Waals surface area contributed by atoms with E-state index >= 15 is 0 Å². The molecule has 0 spiro atoms. The number of hydrogen-bond donors (Lipinski definition) is 1. The minimum Gasteiger partial charge on any atom is -0.355 e. The number of thiol groups is 1. The largest absolute Gasteiger partial charge is 0.355 e. The van der Waals surface area contributed by atoms with Crippen LogP contribution in [-0.4, -0.2) is 38.4 Å². The molecular formula is C10H13N5S. The molecule has 3 heterocycles. The maximum Gasteiger partial charge on any atom is 0.254 e. The lowest BCUT2D eigenvalue weighted by Crippen LogP contribution is -2.24. The van der Waals surface area contributed by atoms with Gasteiger partial charge in [-0.15, -0.1) is 0 Å². The Labute approximate surface area is 98.9 Å². The van der Waals surface area contributed by atoms with Gasteiger partial charge in [0.1, 0.15) is 12.1 Å². The van der Waals surface area contributed by atoms with Crippen molar-refractivity contribution in [3.05, 3.63) is 17.6 Å². The summed E-state index contributed by atoms with van der Waals surface area (Å²) in [6, 6.07) is 0. The Hall–Kier alpha value is -1.30. The zero-order chi connectivity index (χ0) is 11.1. The number of nitrogens with zero attached hydrogens (tertiary/aromatic N) is 5. The van der Waals surface area contributed by atoms with Crippen molar-refractivity contribution in [1.29, 1.82) is 0 Å². The van der Waals surface area contributed by atoms with Gasteiger partial charge in [-0.1, -0.05) is 0 Å². The van der Waals surface area contributed by atoms with Crippen LogP contribution in [0.5, 0.6) is 0 Å². The van der Waals surface area contributed by atoms with Crippen molar-refractivity contribution in [3.8, 4) is 0 Å². The number of anilines is 1. The minimum atomic E-state index is 0.683. The van der Waals surface area contributed by atoms with E-state index in [-0.39, 0.29) is 0 Å². The fourth-order valence-electron chi connectivity index (χ4n) is 2.28. The molecular weight excluding hydrogens is 222 g/mol. The fourth-order valence-corrected chi connectivity index (χ4v) is 2.52. The molecule has 0 radical (unpaired) electrons. The summed E-state index contributed by atoms with van der Waals surface area (Å²) in [6.45, 7) is 4.00. The average Bonchev–Trinajstić information content (AvgIpc) is 2.84. The average molecular weight is 235 g/mol. The van der Waals surface area contributed by atoms with Crippen molar-refractivity contribution in [2.24, 2.45) is 0 Å². The second-order valence-electron chi connectivity index (χ2n) is 3.93. The van der Waals surface area contributed by atoms with Crippen LogP contribution in [0.2, 0.25) is 0 Å². The molecule has 5 nitrogen and oxygen atoms in total. The smallest absolute Gasteiger partial charge is 0.254 e. The summed E-state index contributed by atoms with van der Waals surface area (Å²) in [5, 5.41) is 4.24. The van der Waals surface area contributed by atoms with Gasteiger partial charge in [0.2, 0.25) is 0 Å². The van der Waals surface area contributed by atoms with Crippen LogP contribution >= 0.6 is 12.6 Å². The van der Waals surface area contributed by atoms with E-state index in [4.69, 9.17) is 0 Å². The highest BCUT2D eigenvalue weighted by Gasteiger charge is 2.25. The second kappa shape index (κ2) is 3.62. The lowest BCUT2D eigenvalue weighted by molar-refractivity contribution is 0.830. The third-order valence-corrected chi connectivity index (χ3v) is 3.21. The van der Waals surface area contributed by atoms with E-state index < -0.39 is 0 Å². The molecule has 0 amide bonds. The quantitative estimate of drug-likeness (QED) is 0.779. The van der Waals surface area contributed by atoms with Crippen molar-refractivity contribution in [2.45, 2.75) is 13.3 Å². The summed E-state index contributed by atoms with van der Waals surface area (Å²) in [4.78, 5) is 10.9. The SMILES string of the molecule is Cc1nc2ncnn2c2c1CCN2CCS. The highest BCUT2D eigenvalue weighted by atomic mass is 32.1. The molecule has 2 aromatic rings. The van der Waals surface area contributed by atoms with Gasteiger partial charge in [0.05, 0.1) is 0 Å². The Morgan fingerprint density at radius 1 is 1.50 bits per heavy atom. The molecule has 6 heteroatoms. The summed E-state index contributed by atoms with van der Waals surface area (Å²) in [5.41, 5.74) is 2.36. The van der Waals surface area contributed by atoms with E-state index in [1.54, 1.807) is 6.33 Å². The molecule has 0 bridgehead atoms. The van der Waals surface area contributed by atoms with Crippen LogP contribution in [0, 0.1) is 6.92 Å². The second-order valence-corrected chi connectivity index (χ2v) is 4.38. The fraction of sp³-hybridized carbons (Fsp3) is 0.500. The van der Waals surface area contributed by atoms with Gasteiger partial charge in [0.15, 0.2) is 0 Å². The van der Waals surface area contributed by atoms with Gasteiger partial charge in [-0.2, -0.15) is 27.2 Å². The van der Waals surface area contributed by atoms with Gasteiger partial charge < -0.3 is 4.90 Å². The highest BCUT2D eigenvalue weighted by molar-refractivity contribution is 7.80. The maximum absolute atomic E-state index is 4.45. The third-order valence-electron chi connectivity index (χ3n) is 3.01. The van der Waals surface area contributed by atoms with E-state index in [0.717, 1.165) is 36.8 Å². The number of aryl methyl sites for hydroxylation is 1. The molecule has 0 atom stereocenters. The van der Waals surface area contributed by atoms with E-state index in [1.165, 1.54) is 5.56 Å². The summed E-state index contributed by atoms with van der Waals surface area (Å²) < 4.78 is 1.83. The zero-order valence-electron chi connectivity index (χ0n) is 9.09. The van der Waals surface area contributed by atoms with Crippen molar-refractivity contribution < 1.29 is 0 Å². The van der Waals surface area contributed by atoms with Crippen LogP contribution in [0.1, 0.15) is 11.3 Å². The number of aromatic nitrogens is 4. The zero-order valence-corrected chi connectivity index (χ0v) is 9.98. The molecule has 0 aromatic carbocycles. The van der Waals surface area contributed by atoms with E-state index in [9.17, 15) is 0 Å². The van der Waals surface area contributed by atoms with Crippen molar-refractivity contribution in [1.82, 2.24) is 19.6 Å². The first-order valence-electron chi connectivity index (χ1n) is 5.36. The molecule has 0 aliphatic carbocycles. The van der Waals surface area contributed by atoms with Crippen LogP contribution < -0.4 is 4.90 Å². The molecule has 0 fully saturated rings. The van der Waals surface area contributed by atoms with Crippen LogP contribution in [0.15, 0.2) is 6.33 Å². The molecule has 1 aliphatic heterocycles. The Morgan fingerprint density at radius 3 is 3.19 bits per heavy atom. The molecule has 3 rings (SSSR count). The van der Waals surface area contributed by atoms with E-state index in [2.05, 4.69) is 32.6 Å². The van der Waals surface area contributed by atoms with Crippen LogP contribution in [-0.2, 0) is 6.42 Å². The van der Waals surface area contributed by atoms with Gasteiger partial charge in [0, 0.05) is 30.1 Å². The van der Waals surface area contributed by atoms with Gasteiger partial charge >= 0.3 is 0 Å². The Balaban J connectivity index is 2.24. The molecule has 0 saturated carbocycles. The summed E-state index contributed by atoms with van der Waals surface area (Å²) in [5.74, 6) is 2.67. The molecule has 0 N–H and O–H groups in total. The first-order chi connectivity index (χ1) is 7.81. The lowest BCUT2D eigenvalue weighted by atomic mass is 10.2. The van der Waals surface area contributed by atoms with Crippen LogP contribution in [0.3, 0.4) is 0 Å². The number of fused-ring (bicyclic) bond motifs is 3. The first kappa shape index (κ1) is 9.89. The predicted molar refractivity (Wildman–Crippen MR) is 65.3 cm³/mol. The number of hydrogen-bond acceptors (Lipinski definition) is 5. The molecule has 84 valence electrons. The van der Waals surface area contributed by atoms with E-state index in [0.29, 0.717) is 5.78 Å². The van der Waals surface area contributed by atoms with Crippen LogP contribution in [0.4, 0.5) is 5.82 Å². The molecule has 0 unspecified atom stereocenters. The van der Waals surface area contributed by atoms with Crippen molar-refractivity contribution in [2.75, 3.05) is 23.7 Å². The summed E-state index contributed by atoms with van der Waals surface area (Å²) in [7, 11) is 0. The number of rotatable bonds is 2. The minimum absolute atomic E-state index is 0.683. The lowest BCUT2D eigenvalue weighted by Gasteiger charge is -2.18.